The van der Waals surface area contributed by atoms with Crippen LogP contribution in [-0.2, 0) is 19.9 Å². The molecule has 20 heavy (non-hydrogen) atoms. The molecule has 0 saturated heterocycles. The normalized spacial score (nSPS) is 12.3. The molecular formula is C10H12N2O6S2. The maximum absolute atomic E-state index is 11.9. The molecule has 0 fully saturated rings. The first-order chi connectivity index (χ1) is 9.04. The Kier molecular flexibility index (Phi) is 4.32. The summed E-state index contributed by atoms with van der Waals surface area (Å²) in [5.74, 6) is 0. The van der Waals surface area contributed by atoms with Gasteiger partial charge in [0.2, 0.25) is 19.9 Å². The van der Waals surface area contributed by atoms with E-state index in [0.29, 0.717) is 11.5 Å². The van der Waals surface area contributed by atoms with Crippen LogP contribution in [0.5, 0.6) is 0 Å². The summed E-state index contributed by atoms with van der Waals surface area (Å²) in [5, 5.41) is 11.5. The Balaban J connectivity index is 3.68. The number of sulfonamides is 1. The van der Waals surface area contributed by atoms with Gasteiger partial charge in [-0.2, -0.15) is 0 Å². The van der Waals surface area contributed by atoms with Crippen molar-refractivity contribution in [2.24, 2.45) is 0 Å². The Hall–Kier alpha value is -1.78. The minimum Gasteiger partial charge on any atom is -0.258 e. The van der Waals surface area contributed by atoms with Crippen LogP contribution in [0.15, 0.2) is 40.0 Å². The zero-order valence-electron chi connectivity index (χ0n) is 10.7. The largest absolute Gasteiger partial charge is 0.289 e. The summed E-state index contributed by atoms with van der Waals surface area (Å²) in [6.45, 7) is 3.07. The highest BCUT2D eigenvalue weighted by Crippen LogP contribution is 2.28. The molecule has 0 aliphatic rings. The summed E-state index contributed by atoms with van der Waals surface area (Å²) in [5.41, 5.74) is -0.812. The molecule has 8 nitrogen and oxygen atoms in total. The number of rotatable bonds is 5. The third-order valence-electron chi connectivity index (χ3n) is 2.43. The van der Waals surface area contributed by atoms with Gasteiger partial charge in [0.25, 0.3) is 5.69 Å². The van der Waals surface area contributed by atoms with Crippen molar-refractivity contribution in [3.8, 4) is 0 Å². The fourth-order valence-electron chi connectivity index (χ4n) is 1.34. The second-order valence-electron chi connectivity index (χ2n) is 3.89. The van der Waals surface area contributed by atoms with Crippen LogP contribution in [0, 0.1) is 10.1 Å². The molecule has 0 amide bonds. The highest BCUT2D eigenvalue weighted by Gasteiger charge is 2.27. The van der Waals surface area contributed by atoms with Crippen molar-refractivity contribution in [1.29, 1.82) is 0 Å². The quantitative estimate of drug-likeness (QED) is 0.584. The van der Waals surface area contributed by atoms with E-state index < -0.39 is 35.4 Å². The lowest BCUT2D eigenvalue weighted by Gasteiger charge is -2.11. The van der Waals surface area contributed by atoms with Gasteiger partial charge in [0.05, 0.1) is 9.82 Å². The highest BCUT2D eigenvalue weighted by molar-refractivity contribution is 7.94. The first kappa shape index (κ1) is 16.3. The minimum absolute atomic E-state index is 0.364. The van der Waals surface area contributed by atoms with Crippen LogP contribution in [0.25, 0.3) is 0 Å². The summed E-state index contributed by atoms with van der Waals surface area (Å²) < 4.78 is 47.9. The van der Waals surface area contributed by atoms with Crippen LogP contribution >= 0.6 is 0 Å². The molecule has 0 bridgehead atoms. The van der Waals surface area contributed by atoms with Crippen molar-refractivity contribution < 1.29 is 21.8 Å². The molecule has 1 aromatic rings. The molecule has 0 N–H and O–H groups in total. The second-order valence-corrected chi connectivity index (χ2v) is 7.90. The lowest BCUT2D eigenvalue weighted by molar-refractivity contribution is -0.388. The van der Waals surface area contributed by atoms with Crippen molar-refractivity contribution in [3.63, 3.8) is 0 Å². The van der Waals surface area contributed by atoms with Crippen molar-refractivity contribution >= 4 is 25.5 Å². The molecule has 0 heterocycles. The number of hydrogen-bond acceptors (Lipinski definition) is 6. The third kappa shape index (κ3) is 2.86. The molecule has 0 unspecified atom stereocenters. The van der Waals surface area contributed by atoms with Crippen LogP contribution in [-0.4, -0.2) is 40.2 Å². The molecule has 0 aromatic heterocycles. The van der Waals surface area contributed by atoms with Gasteiger partial charge >= 0.3 is 0 Å². The van der Waals surface area contributed by atoms with E-state index in [-0.39, 0.29) is 4.90 Å². The summed E-state index contributed by atoms with van der Waals surface area (Å²) in [6, 6.07) is 2.59. The molecule has 0 aliphatic heterocycles. The SMILES string of the molecule is C=CS(=O)(=O)c1ccc(S(=O)(=O)N(C)C)cc1[N+](=O)[O-]. The molecule has 110 valence electrons. The van der Waals surface area contributed by atoms with Crippen molar-refractivity contribution in [2.45, 2.75) is 9.79 Å². The molecule has 10 heteroatoms. The fourth-order valence-corrected chi connectivity index (χ4v) is 3.13. The van der Waals surface area contributed by atoms with Gasteiger partial charge in [-0.3, -0.25) is 10.1 Å². The van der Waals surface area contributed by atoms with Gasteiger partial charge < -0.3 is 0 Å². The van der Waals surface area contributed by atoms with Crippen molar-refractivity contribution in [1.82, 2.24) is 4.31 Å². The standard InChI is InChI=1S/C10H12N2O6S2/c1-4-19(15,16)10-6-5-8(7-9(10)12(13)14)20(17,18)11(2)3/h4-7H,1H2,2-3H3. The number of nitro groups is 1. The fraction of sp³-hybridized carbons (Fsp3) is 0.200. The van der Waals surface area contributed by atoms with Crippen LogP contribution < -0.4 is 0 Å². The molecule has 1 rings (SSSR count). The van der Waals surface area contributed by atoms with E-state index in [4.69, 9.17) is 0 Å². The highest BCUT2D eigenvalue weighted by atomic mass is 32.2. The van der Waals surface area contributed by atoms with E-state index in [1.165, 1.54) is 14.1 Å². The number of nitrogens with zero attached hydrogens (tertiary/aromatic N) is 2. The van der Waals surface area contributed by atoms with E-state index in [9.17, 15) is 26.9 Å². The van der Waals surface area contributed by atoms with E-state index in [1.54, 1.807) is 0 Å². The van der Waals surface area contributed by atoms with Gasteiger partial charge in [0.15, 0.2) is 0 Å². The zero-order valence-corrected chi connectivity index (χ0v) is 12.3. The Morgan fingerprint density at radius 3 is 2.20 bits per heavy atom. The predicted octanol–water partition coefficient (Wildman–Crippen LogP) is 0.762. The Morgan fingerprint density at radius 2 is 1.80 bits per heavy atom. The van der Waals surface area contributed by atoms with E-state index >= 15 is 0 Å². The lowest BCUT2D eigenvalue weighted by atomic mass is 10.3. The maximum atomic E-state index is 11.9. The lowest BCUT2D eigenvalue weighted by Crippen LogP contribution is -2.22. The molecule has 0 atom stereocenters. The third-order valence-corrected chi connectivity index (χ3v) is 5.64. The first-order valence-electron chi connectivity index (χ1n) is 5.12. The van der Waals surface area contributed by atoms with Gasteiger partial charge in [-0.1, -0.05) is 6.58 Å². The first-order valence-corrected chi connectivity index (χ1v) is 8.11. The topological polar surface area (TPSA) is 115 Å². The Bertz CT molecular complexity index is 765. The molecular weight excluding hydrogens is 308 g/mol. The van der Waals surface area contributed by atoms with Gasteiger partial charge in [0.1, 0.15) is 4.90 Å². The Labute approximate surface area is 116 Å². The van der Waals surface area contributed by atoms with Crippen molar-refractivity contribution in [3.05, 3.63) is 40.3 Å². The van der Waals surface area contributed by atoms with Crippen molar-refractivity contribution in [2.75, 3.05) is 14.1 Å². The van der Waals surface area contributed by atoms with E-state index in [1.807, 2.05) is 0 Å². The smallest absolute Gasteiger partial charge is 0.258 e. The maximum Gasteiger partial charge on any atom is 0.289 e. The zero-order chi connectivity index (χ0) is 15.7. The summed E-state index contributed by atoms with van der Waals surface area (Å²) in [7, 11) is -5.42. The number of sulfone groups is 1. The van der Waals surface area contributed by atoms with Gasteiger partial charge in [-0.15, -0.1) is 0 Å². The average Bonchev–Trinajstić information content (AvgIpc) is 2.37. The molecule has 1 aromatic carbocycles. The monoisotopic (exact) mass is 320 g/mol. The molecule has 0 aliphatic carbocycles. The number of benzene rings is 1. The summed E-state index contributed by atoms with van der Waals surface area (Å²) in [4.78, 5) is 9.01. The second kappa shape index (κ2) is 5.31. The average molecular weight is 320 g/mol. The van der Waals surface area contributed by atoms with Crippen LogP contribution in [0.2, 0.25) is 0 Å². The van der Waals surface area contributed by atoms with E-state index in [0.717, 1.165) is 16.4 Å². The van der Waals surface area contributed by atoms with E-state index in [2.05, 4.69) is 6.58 Å². The molecule has 0 saturated carbocycles. The van der Waals surface area contributed by atoms with Crippen LogP contribution in [0.3, 0.4) is 0 Å². The molecule has 0 radical (unpaired) electrons. The number of nitro benzene ring substituents is 1. The van der Waals surface area contributed by atoms with Gasteiger partial charge in [0, 0.05) is 25.6 Å². The molecule has 0 spiro atoms. The summed E-state index contributed by atoms with van der Waals surface area (Å²) >= 11 is 0. The minimum atomic E-state index is -4.04. The summed E-state index contributed by atoms with van der Waals surface area (Å²) in [6.07, 6.45) is 0. The predicted molar refractivity (Wildman–Crippen MR) is 71.4 cm³/mol. The van der Waals surface area contributed by atoms with Gasteiger partial charge in [-0.25, -0.2) is 21.1 Å². The van der Waals surface area contributed by atoms with Crippen LogP contribution in [0.4, 0.5) is 5.69 Å². The van der Waals surface area contributed by atoms with Crippen LogP contribution in [0.1, 0.15) is 0 Å². The van der Waals surface area contributed by atoms with Gasteiger partial charge in [-0.05, 0) is 12.1 Å². The number of hydrogen-bond donors (Lipinski definition) is 0. The Morgan fingerprint density at radius 1 is 1.25 bits per heavy atom.